The Morgan fingerprint density at radius 1 is 0.600 bits per heavy atom. The van der Waals surface area contributed by atoms with Crippen molar-refractivity contribution in [3.63, 3.8) is 0 Å². The summed E-state index contributed by atoms with van der Waals surface area (Å²) in [5, 5.41) is 4.98. The maximum Gasteiger partial charge on any atom is 0.182 e. The second-order valence-electron chi connectivity index (χ2n) is 13.4. The molecule has 50 heavy (non-hydrogen) atoms. The summed E-state index contributed by atoms with van der Waals surface area (Å²) in [4.78, 5) is 11.0. The van der Waals surface area contributed by atoms with Crippen LogP contribution in [0.3, 0.4) is 0 Å². The Morgan fingerprint density at radius 2 is 1.26 bits per heavy atom. The minimum atomic E-state index is -0.0275. The molecule has 10 rings (SSSR count). The summed E-state index contributed by atoms with van der Waals surface area (Å²) in [5.41, 5.74) is 10.5. The van der Waals surface area contributed by atoms with Gasteiger partial charge in [0, 0.05) is 39.6 Å². The second kappa shape index (κ2) is 11.4. The van der Waals surface area contributed by atoms with Crippen LogP contribution in [-0.2, 0) is 6.26 Å². The van der Waals surface area contributed by atoms with Gasteiger partial charge in [0.15, 0.2) is 15.2 Å². The molecule has 0 saturated carbocycles. The number of fused-ring (bicyclic) bond motifs is 8. The lowest BCUT2D eigenvalue weighted by Crippen LogP contribution is -2.10. The molecule has 0 saturated heterocycles. The summed E-state index contributed by atoms with van der Waals surface area (Å²) in [6, 6.07) is 50.3. The minimum absolute atomic E-state index is 0.0275. The van der Waals surface area contributed by atoms with Crippen LogP contribution in [0, 0.1) is 0 Å². The lowest BCUT2D eigenvalue weighted by Gasteiger charge is -2.20. The average Bonchev–Trinajstić information content (AvgIpc) is 3.67. The Hall–Kier alpha value is -5.84. The fraction of sp³-hybridized carbons (Fsp3) is 0.0870. The van der Waals surface area contributed by atoms with E-state index in [2.05, 4.69) is 169 Å². The van der Waals surface area contributed by atoms with Crippen molar-refractivity contribution in [2.24, 2.45) is 6.26 Å². The van der Waals surface area contributed by atoms with Gasteiger partial charge in [-0.3, -0.25) is 4.57 Å². The molecule has 0 aliphatic heterocycles. The summed E-state index contributed by atoms with van der Waals surface area (Å²) in [5.74, 6) is 2.05. The van der Waals surface area contributed by atoms with Gasteiger partial charge in [-0.05, 0) is 75.5 Å². The van der Waals surface area contributed by atoms with Crippen molar-refractivity contribution in [2.75, 3.05) is 0 Å². The normalized spacial score (nSPS) is 14.6. The smallest absolute Gasteiger partial charge is 0.182 e. The third-order valence-electron chi connectivity index (χ3n) is 10.5. The summed E-state index contributed by atoms with van der Waals surface area (Å²) in [6.45, 7) is 2.35. The van der Waals surface area contributed by atoms with Crippen molar-refractivity contribution in [3.05, 3.63) is 157 Å². The summed E-state index contributed by atoms with van der Waals surface area (Å²) < 4.78 is 5.23. The molecule has 2 unspecified atom stereocenters. The maximum absolute atomic E-state index is 5.61. The molecule has 2 atom stereocenters. The van der Waals surface area contributed by atoms with Crippen molar-refractivity contribution in [2.45, 2.75) is 19.3 Å². The van der Waals surface area contributed by atoms with E-state index in [4.69, 9.17) is 9.97 Å². The predicted molar refractivity (Wildman–Crippen MR) is 213 cm³/mol. The molecule has 0 bridgehead atoms. The number of allylic oxidation sites excluding steroid dienone is 1. The lowest BCUT2D eigenvalue weighted by molar-refractivity contribution is 0.720. The van der Waals surface area contributed by atoms with E-state index in [1.807, 2.05) is 0 Å². The van der Waals surface area contributed by atoms with Crippen LogP contribution in [0.4, 0.5) is 0 Å². The summed E-state index contributed by atoms with van der Waals surface area (Å²) in [7, 11) is -0.0275. The van der Waals surface area contributed by atoms with Crippen LogP contribution in [0.1, 0.15) is 30.5 Å². The second-order valence-corrected chi connectivity index (χ2v) is 15.3. The molecule has 1 aliphatic carbocycles. The lowest BCUT2D eigenvalue weighted by atomic mass is 9.93. The fourth-order valence-corrected chi connectivity index (χ4v) is 9.89. The molecule has 4 heteroatoms. The van der Waals surface area contributed by atoms with Crippen LogP contribution in [0.25, 0.3) is 87.5 Å². The number of hydrogen-bond acceptors (Lipinski definition) is 2. The van der Waals surface area contributed by atoms with E-state index in [1.165, 1.54) is 59.0 Å². The monoisotopic (exact) mass is 660 g/mol. The number of aryl methyl sites for hydroxylation is 1. The average molecular weight is 661 g/mol. The molecule has 9 aromatic rings. The summed E-state index contributed by atoms with van der Waals surface area (Å²) in [6.07, 6.45) is 7.99. The number of rotatable bonds is 4. The van der Waals surface area contributed by atoms with Gasteiger partial charge in [0.25, 0.3) is 0 Å². The van der Waals surface area contributed by atoms with Crippen molar-refractivity contribution >= 4 is 58.5 Å². The molecule has 3 heterocycles. The number of hydrogen-bond donors (Lipinski definition) is 0. The molecule has 238 valence electrons. The highest BCUT2D eigenvalue weighted by Gasteiger charge is 2.28. The zero-order valence-corrected chi connectivity index (χ0v) is 28.8. The molecule has 3 nitrogen and oxygen atoms in total. The first-order valence-electron chi connectivity index (χ1n) is 17.3. The predicted octanol–water partition coefficient (Wildman–Crippen LogP) is 12.7. The van der Waals surface area contributed by atoms with Gasteiger partial charge in [-0.25, -0.2) is 9.97 Å². The van der Waals surface area contributed by atoms with Crippen molar-refractivity contribution in [1.82, 2.24) is 14.5 Å². The minimum Gasteiger partial charge on any atom is -0.297 e. The van der Waals surface area contributed by atoms with Gasteiger partial charge >= 0.3 is 0 Å². The standard InChI is InChI=1S/C46H34N3S/c1-29-13-10-22-36-35-20-6-8-23-39(35)49(44(29)36)46-43-38(25-26-41-42(43)37-21-7-9-24-40(37)50(41)2)47-45(48-46)34-19-12-18-33(28-34)32-17-11-16-31(27-32)30-14-4-3-5-15-30/h3-12,14-29H,13H2,1-2H3/q+1. The van der Waals surface area contributed by atoms with Crippen LogP contribution >= 0.6 is 10.5 Å². The molecule has 6 aromatic carbocycles. The number of para-hydroxylation sites is 1. The molecular formula is C46H34N3S+. The van der Waals surface area contributed by atoms with E-state index in [9.17, 15) is 0 Å². The quantitative estimate of drug-likeness (QED) is 0.176. The van der Waals surface area contributed by atoms with E-state index in [0.29, 0.717) is 5.92 Å². The van der Waals surface area contributed by atoms with Crippen molar-refractivity contribution < 1.29 is 0 Å². The van der Waals surface area contributed by atoms with E-state index in [0.717, 1.165) is 40.1 Å². The summed E-state index contributed by atoms with van der Waals surface area (Å²) >= 11 is 0. The van der Waals surface area contributed by atoms with Crippen LogP contribution in [-0.4, -0.2) is 14.5 Å². The van der Waals surface area contributed by atoms with Gasteiger partial charge < -0.3 is 0 Å². The Morgan fingerprint density at radius 3 is 2.08 bits per heavy atom. The Bertz CT molecular complexity index is 2820. The largest absolute Gasteiger partial charge is 0.297 e. The Labute approximate surface area is 293 Å². The molecule has 0 spiro atoms. The molecule has 0 fully saturated rings. The van der Waals surface area contributed by atoms with E-state index >= 15 is 0 Å². The number of nitrogens with zero attached hydrogens (tertiary/aromatic N) is 3. The van der Waals surface area contributed by atoms with Crippen LogP contribution in [0.5, 0.6) is 0 Å². The van der Waals surface area contributed by atoms with Gasteiger partial charge in [0.2, 0.25) is 0 Å². The number of thiophene rings is 1. The molecule has 3 aromatic heterocycles. The van der Waals surface area contributed by atoms with Crippen LogP contribution in [0.2, 0.25) is 0 Å². The van der Waals surface area contributed by atoms with Gasteiger partial charge in [-0.1, -0.05) is 116 Å². The van der Waals surface area contributed by atoms with Crippen LogP contribution < -0.4 is 0 Å². The Kier molecular flexibility index (Phi) is 6.62. The molecule has 0 amide bonds. The van der Waals surface area contributed by atoms with Gasteiger partial charge in [-0.15, -0.1) is 0 Å². The molecule has 0 N–H and O–H groups in total. The fourth-order valence-electron chi connectivity index (χ4n) is 8.08. The van der Waals surface area contributed by atoms with Crippen LogP contribution in [0.15, 0.2) is 146 Å². The molecular weight excluding hydrogens is 627 g/mol. The highest BCUT2D eigenvalue weighted by atomic mass is 32.2. The zero-order chi connectivity index (χ0) is 33.3. The first kappa shape index (κ1) is 29.1. The van der Waals surface area contributed by atoms with E-state index in [1.54, 1.807) is 0 Å². The maximum atomic E-state index is 5.61. The molecule has 0 radical (unpaired) electrons. The van der Waals surface area contributed by atoms with E-state index in [-0.39, 0.29) is 10.5 Å². The highest BCUT2D eigenvalue weighted by Crippen LogP contribution is 2.47. The first-order valence-corrected chi connectivity index (χ1v) is 18.9. The third kappa shape index (κ3) is 4.42. The zero-order valence-electron chi connectivity index (χ0n) is 28.0. The topological polar surface area (TPSA) is 30.7 Å². The highest BCUT2D eigenvalue weighted by molar-refractivity contribution is 7.41. The first-order chi connectivity index (χ1) is 24.6. The number of aromatic nitrogens is 3. The van der Waals surface area contributed by atoms with Gasteiger partial charge in [0.1, 0.15) is 12.1 Å². The van der Waals surface area contributed by atoms with Crippen molar-refractivity contribution in [1.29, 1.82) is 0 Å². The number of benzene rings is 6. The van der Waals surface area contributed by atoms with Gasteiger partial charge in [0.05, 0.1) is 21.8 Å². The third-order valence-corrected chi connectivity index (χ3v) is 12.5. The SMILES string of the molecule is CC1CC=Cc2c1n(-c1nc(-c3cccc(-c4cccc(-c5ccccc5)c4)c3)nc3ccc4c(c5ccccc5[s+]4C)c13)c1ccccc21. The Balaban J connectivity index is 1.26. The van der Waals surface area contributed by atoms with Gasteiger partial charge in [-0.2, -0.15) is 0 Å². The van der Waals surface area contributed by atoms with E-state index < -0.39 is 0 Å². The molecule has 1 aliphatic rings. The van der Waals surface area contributed by atoms with Crippen molar-refractivity contribution in [3.8, 4) is 39.5 Å².